The van der Waals surface area contributed by atoms with Crippen LogP contribution in [0.2, 0.25) is 0 Å². The zero-order valence-corrected chi connectivity index (χ0v) is 11.1. The molecule has 1 amide bonds. The molecule has 2 rings (SSSR count). The van der Waals surface area contributed by atoms with Gasteiger partial charge in [0.2, 0.25) is 5.91 Å². The number of nitrogen functional groups attached to an aromatic ring is 1. The zero-order valence-electron chi connectivity index (χ0n) is 11.1. The van der Waals surface area contributed by atoms with Gasteiger partial charge in [-0.1, -0.05) is 0 Å². The fourth-order valence-corrected chi connectivity index (χ4v) is 2.56. The highest BCUT2D eigenvalue weighted by Gasteiger charge is 2.27. The SMILES string of the molecule is CC(=O)c1cc(N2CCCCC2C(N)=O)ccc1N. The predicted molar refractivity (Wildman–Crippen MR) is 75.0 cm³/mol. The number of Topliss-reactive ketones (excluding diaryl/α,β-unsaturated/α-hetero) is 1. The van der Waals surface area contributed by atoms with Crippen molar-refractivity contribution in [3.05, 3.63) is 23.8 Å². The van der Waals surface area contributed by atoms with E-state index < -0.39 is 0 Å². The Bertz CT molecular complexity index is 513. The summed E-state index contributed by atoms with van der Waals surface area (Å²) in [6.45, 7) is 2.26. The van der Waals surface area contributed by atoms with Gasteiger partial charge < -0.3 is 16.4 Å². The third kappa shape index (κ3) is 2.70. The first kappa shape index (κ1) is 13.4. The standard InChI is InChI=1S/C14H19N3O2/c1-9(18)11-8-10(5-6-12(11)15)17-7-3-2-4-13(17)14(16)19/h5-6,8,13H,2-4,7,15H2,1H3,(H2,16,19). The van der Waals surface area contributed by atoms with E-state index in [0.29, 0.717) is 11.3 Å². The molecule has 1 heterocycles. The van der Waals surface area contributed by atoms with E-state index in [-0.39, 0.29) is 17.7 Å². The summed E-state index contributed by atoms with van der Waals surface area (Å²) in [5.41, 5.74) is 13.0. The fraction of sp³-hybridized carbons (Fsp3) is 0.429. The first-order valence-corrected chi connectivity index (χ1v) is 6.47. The number of hydrogen-bond donors (Lipinski definition) is 2. The van der Waals surface area contributed by atoms with Crippen molar-refractivity contribution < 1.29 is 9.59 Å². The smallest absolute Gasteiger partial charge is 0.240 e. The van der Waals surface area contributed by atoms with Crippen LogP contribution >= 0.6 is 0 Å². The number of anilines is 2. The Morgan fingerprint density at radius 3 is 2.68 bits per heavy atom. The Morgan fingerprint density at radius 1 is 1.32 bits per heavy atom. The largest absolute Gasteiger partial charge is 0.398 e. The van der Waals surface area contributed by atoms with E-state index in [4.69, 9.17) is 11.5 Å². The van der Waals surface area contributed by atoms with Crippen LogP contribution in [-0.2, 0) is 4.79 Å². The molecule has 1 aliphatic rings. The van der Waals surface area contributed by atoms with Gasteiger partial charge in [-0.05, 0) is 44.4 Å². The van der Waals surface area contributed by atoms with Crippen LogP contribution in [0, 0.1) is 0 Å². The number of carbonyl (C=O) groups is 2. The van der Waals surface area contributed by atoms with Crippen molar-refractivity contribution in [1.82, 2.24) is 0 Å². The number of primary amides is 1. The molecular formula is C14H19N3O2. The Balaban J connectivity index is 2.36. The first-order valence-electron chi connectivity index (χ1n) is 6.47. The summed E-state index contributed by atoms with van der Waals surface area (Å²) >= 11 is 0. The molecule has 0 radical (unpaired) electrons. The van der Waals surface area contributed by atoms with E-state index in [9.17, 15) is 9.59 Å². The highest BCUT2D eigenvalue weighted by molar-refractivity contribution is 6.00. The highest BCUT2D eigenvalue weighted by atomic mass is 16.1. The lowest BCUT2D eigenvalue weighted by atomic mass is 9.99. The number of hydrogen-bond acceptors (Lipinski definition) is 4. The number of amides is 1. The molecule has 102 valence electrons. The van der Waals surface area contributed by atoms with Crippen molar-refractivity contribution in [3.63, 3.8) is 0 Å². The van der Waals surface area contributed by atoms with Crippen molar-refractivity contribution in [2.24, 2.45) is 5.73 Å². The van der Waals surface area contributed by atoms with Crippen molar-refractivity contribution in [2.45, 2.75) is 32.2 Å². The average molecular weight is 261 g/mol. The number of nitrogens with zero attached hydrogens (tertiary/aromatic N) is 1. The van der Waals surface area contributed by atoms with E-state index in [0.717, 1.165) is 31.5 Å². The van der Waals surface area contributed by atoms with Gasteiger partial charge in [0, 0.05) is 23.5 Å². The maximum absolute atomic E-state index is 11.5. The van der Waals surface area contributed by atoms with Crippen LogP contribution < -0.4 is 16.4 Å². The molecule has 5 heteroatoms. The molecule has 1 aliphatic heterocycles. The van der Waals surface area contributed by atoms with Crippen molar-refractivity contribution >= 4 is 23.1 Å². The minimum absolute atomic E-state index is 0.0769. The molecule has 1 aromatic rings. The second-order valence-corrected chi connectivity index (χ2v) is 4.94. The van der Waals surface area contributed by atoms with Gasteiger partial charge in [0.15, 0.2) is 5.78 Å². The monoisotopic (exact) mass is 261 g/mol. The minimum atomic E-state index is -0.319. The molecule has 4 N–H and O–H groups in total. The van der Waals surface area contributed by atoms with Gasteiger partial charge in [0.05, 0.1) is 0 Å². The average Bonchev–Trinajstić information content (AvgIpc) is 2.39. The molecule has 1 unspecified atom stereocenters. The predicted octanol–water partition coefficient (Wildman–Crippen LogP) is 1.32. The molecular weight excluding hydrogens is 242 g/mol. The maximum atomic E-state index is 11.5. The van der Waals surface area contributed by atoms with Gasteiger partial charge in [0.25, 0.3) is 0 Å². The molecule has 0 bridgehead atoms. The number of piperidine rings is 1. The van der Waals surface area contributed by atoms with Crippen LogP contribution in [-0.4, -0.2) is 24.3 Å². The van der Waals surface area contributed by atoms with E-state index in [1.165, 1.54) is 6.92 Å². The fourth-order valence-electron chi connectivity index (χ4n) is 2.56. The number of benzene rings is 1. The number of ketones is 1. The minimum Gasteiger partial charge on any atom is -0.398 e. The molecule has 1 fully saturated rings. The molecule has 5 nitrogen and oxygen atoms in total. The lowest BCUT2D eigenvalue weighted by molar-refractivity contribution is -0.119. The topological polar surface area (TPSA) is 89.4 Å². The molecule has 1 atom stereocenters. The molecule has 0 spiro atoms. The molecule has 19 heavy (non-hydrogen) atoms. The van der Waals surface area contributed by atoms with Gasteiger partial charge in [-0.25, -0.2) is 0 Å². The molecule has 1 aromatic carbocycles. The van der Waals surface area contributed by atoms with Crippen LogP contribution in [0.1, 0.15) is 36.5 Å². The van der Waals surface area contributed by atoms with Crippen LogP contribution in [0.25, 0.3) is 0 Å². The second-order valence-electron chi connectivity index (χ2n) is 4.94. The van der Waals surface area contributed by atoms with Crippen molar-refractivity contribution in [1.29, 1.82) is 0 Å². The summed E-state index contributed by atoms with van der Waals surface area (Å²) in [6, 6.07) is 5.00. The normalized spacial score (nSPS) is 19.2. The van der Waals surface area contributed by atoms with Crippen molar-refractivity contribution in [2.75, 3.05) is 17.2 Å². The first-order chi connectivity index (χ1) is 9.00. The third-order valence-corrected chi connectivity index (χ3v) is 3.58. The maximum Gasteiger partial charge on any atom is 0.240 e. The summed E-state index contributed by atoms with van der Waals surface area (Å²) in [6.07, 6.45) is 2.78. The molecule has 0 aliphatic carbocycles. The van der Waals surface area contributed by atoms with Crippen LogP contribution in [0.15, 0.2) is 18.2 Å². The van der Waals surface area contributed by atoms with E-state index in [1.54, 1.807) is 12.1 Å². The quantitative estimate of drug-likeness (QED) is 0.634. The van der Waals surface area contributed by atoms with Gasteiger partial charge in [-0.15, -0.1) is 0 Å². The highest BCUT2D eigenvalue weighted by Crippen LogP contribution is 2.27. The summed E-state index contributed by atoms with van der Waals surface area (Å²) in [5, 5.41) is 0. The molecule has 1 saturated heterocycles. The van der Waals surface area contributed by atoms with Gasteiger partial charge in [-0.2, -0.15) is 0 Å². The van der Waals surface area contributed by atoms with Gasteiger partial charge >= 0.3 is 0 Å². The summed E-state index contributed by atoms with van der Waals surface area (Å²) < 4.78 is 0. The zero-order chi connectivity index (χ0) is 14.0. The number of rotatable bonds is 3. The van der Waals surface area contributed by atoms with Crippen molar-refractivity contribution in [3.8, 4) is 0 Å². The molecule has 0 aromatic heterocycles. The Labute approximate surface area is 112 Å². The van der Waals surface area contributed by atoms with Gasteiger partial charge in [-0.3, -0.25) is 9.59 Å². The second kappa shape index (κ2) is 5.30. The van der Waals surface area contributed by atoms with Crippen LogP contribution in [0.5, 0.6) is 0 Å². The van der Waals surface area contributed by atoms with Crippen LogP contribution in [0.4, 0.5) is 11.4 Å². The summed E-state index contributed by atoms with van der Waals surface area (Å²) in [5.74, 6) is -0.395. The lowest BCUT2D eigenvalue weighted by Crippen LogP contribution is -2.47. The van der Waals surface area contributed by atoms with E-state index in [2.05, 4.69) is 0 Å². The third-order valence-electron chi connectivity index (χ3n) is 3.58. The Hall–Kier alpha value is -2.04. The number of carbonyl (C=O) groups excluding carboxylic acids is 2. The Kier molecular flexibility index (Phi) is 3.74. The van der Waals surface area contributed by atoms with Gasteiger partial charge in [0.1, 0.15) is 6.04 Å². The summed E-state index contributed by atoms with van der Waals surface area (Å²) in [4.78, 5) is 25.0. The number of nitrogens with two attached hydrogens (primary N) is 2. The van der Waals surface area contributed by atoms with E-state index >= 15 is 0 Å². The van der Waals surface area contributed by atoms with Crippen LogP contribution in [0.3, 0.4) is 0 Å². The Morgan fingerprint density at radius 2 is 2.05 bits per heavy atom. The summed E-state index contributed by atoms with van der Waals surface area (Å²) in [7, 11) is 0. The van der Waals surface area contributed by atoms with E-state index in [1.807, 2.05) is 11.0 Å². The molecule has 0 saturated carbocycles. The lowest BCUT2D eigenvalue weighted by Gasteiger charge is -2.35.